The molecule has 0 spiro atoms. The number of hydrogen-bond donors (Lipinski definition) is 1. The maximum Gasteiger partial charge on any atom is 0.145 e. The maximum atomic E-state index is 9.31. The lowest BCUT2D eigenvalue weighted by Crippen LogP contribution is -2.35. The van der Waals surface area contributed by atoms with E-state index in [0.717, 1.165) is 65.1 Å². The van der Waals surface area contributed by atoms with E-state index in [2.05, 4.69) is 33.3 Å². The van der Waals surface area contributed by atoms with E-state index < -0.39 is 0 Å². The third-order valence-electron chi connectivity index (χ3n) is 6.54. The molecule has 1 N–H and O–H groups in total. The average Bonchev–Trinajstić information content (AvgIpc) is 2.90. The van der Waals surface area contributed by atoms with Crippen molar-refractivity contribution in [3.63, 3.8) is 0 Å². The zero-order valence-electron chi connectivity index (χ0n) is 20.6. The lowest BCUT2D eigenvalue weighted by Gasteiger charge is -2.29. The fraction of sp³-hybridized carbons (Fsp3) is 0.276. The molecule has 2 heterocycles. The SMILES string of the molecule is Cc1cc(Nc2ncnc3cccc(OC4CCN(C)CC4)c23)ccc1OCc1ccccc1C#N. The first-order valence-electron chi connectivity index (χ1n) is 12.2. The number of rotatable bonds is 7. The van der Waals surface area contributed by atoms with Gasteiger partial charge in [0.25, 0.3) is 0 Å². The van der Waals surface area contributed by atoms with Crippen molar-refractivity contribution in [2.24, 2.45) is 0 Å². The summed E-state index contributed by atoms with van der Waals surface area (Å²) in [5.41, 5.74) is 4.21. The molecule has 1 fully saturated rings. The summed E-state index contributed by atoms with van der Waals surface area (Å²) in [7, 11) is 2.15. The Bertz CT molecular complexity index is 1400. The third kappa shape index (κ3) is 5.24. The van der Waals surface area contributed by atoms with Crippen molar-refractivity contribution < 1.29 is 9.47 Å². The van der Waals surface area contributed by atoms with Crippen LogP contribution >= 0.6 is 0 Å². The third-order valence-corrected chi connectivity index (χ3v) is 6.54. The number of aromatic nitrogens is 2. The highest BCUT2D eigenvalue weighted by Crippen LogP contribution is 2.34. The molecular formula is C29H29N5O2. The molecule has 7 nitrogen and oxygen atoms in total. The van der Waals surface area contributed by atoms with Gasteiger partial charge in [0, 0.05) is 24.3 Å². The molecule has 0 bridgehead atoms. The van der Waals surface area contributed by atoms with Gasteiger partial charge in [-0.3, -0.25) is 0 Å². The first-order valence-corrected chi connectivity index (χ1v) is 12.2. The number of likely N-dealkylation sites (tertiary alicyclic amines) is 1. The van der Waals surface area contributed by atoms with E-state index >= 15 is 0 Å². The number of nitrogens with zero attached hydrogens (tertiary/aromatic N) is 4. The topological polar surface area (TPSA) is 83.3 Å². The van der Waals surface area contributed by atoms with Gasteiger partial charge in [-0.05, 0) is 68.8 Å². The van der Waals surface area contributed by atoms with Gasteiger partial charge >= 0.3 is 0 Å². The average molecular weight is 480 g/mol. The van der Waals surface area contributed by atoms with Crippen molar-refractivity contribution in [1.29, 1.82) is 5.26 Å². The second-order valence-electron chi connectivity index (χ2n) is 9.16. The normalized spacial score (nSPS) is 14.4. The monoisotopic (exact) mass is 479 g/mol. The molecule has 5 rings (SSSR count). The lowest BCUT2D eigenvalue weighted by atomic mass is 10.1. The van der Waals surface area contributed by atoms with Crippen LogP contribution in [0.5, 0.6) is 11.5 Å². The predicted molar refractivity (Wildman–Crippen MR) is 141 cm³/mol. The van der Waals surface area contributed by atoms with E-state index in [4.69, 9.17) is 9.47 Å². The van der Waals surface area contributed by atoms with Gasteiger partial charge in [0.05, 0.1) is 22.5 Å². The molecule has 0 atom stereocenters. The Morgan fingerprint density at radius 1 is 1.03 bits per heavy atom. The Morgan fingerprint density at radius 2 is 1.86 bits per heavy atom. The van der Waals surface area contributed by atoms with Crippen molar-refractivity contribution in [1.82, 2.24) is 14.9 Å². The van der Waals surface area contributed by atoms with E-state index in [1.807, 2.05) is 61.5 Å². The van der Waals surface area contributed by atoms with Gasteiger partial charge in [-0.1, -0.05) is 24.3 Å². The van der Waals surface area contributed by atoms with Crippen LogP contribution < -0.4 is 14.8 Å². The summed E-state index contributed by atoms with van der Waals surface area (Å²) in [6.07, 6.45) is 3.76. The van der Waals surface area contributed by atoms with Gasteiger partial charge in [-0.15, -0.1) is 0 Å². The summed E-state index contributed by atoms with van der Waals surface area (Å²) < 4.78 is 12.5. The molecule has 1 aliphatic heterocycles. The largest absolute Gasteiger partial charge is 0.489 e. The van der Waals surface area contributed by atoms with Crippen LogP contribution in [0, 0.1) is 18.3 Å². The van der Waals surface area contributed by atoms with E-state index in [-0.39, 0.29) is 6.10 Å². The van der Waals surface area contributed by atoms with Crippen molar-refractivity contribution in [3.05, 3.63) is 83.7 Å². The molecule has 1 saturated heterocycles. The Kier molecular flexibility index (Phi) is 6.96. The number of aryl methyl sites for hydroxylation is 1. The molecule has 1 aromatic heterocycles. The van der Waals surface area contributed by atoms with E-state index in [1.165, 1.54) is 0 Å². The number of hydrogen-bond acceptors (Lipinski definition) is 7. The zero-order chi connectivity index (χ0) is 24.9. The first kappa shape index (κ1) is 23.6. The van der Waals surface area contributed by atoms with Gasteiger partial charge in [0.15, 0.2) is 0 Å². The smallest absolute Gasteiger partial charge is 0.145 e. The molecule has 4 aromatic rings. The number of nitrogens with one attached hydrogen (secondary N) is 1. The van der Waals surface area contributed by atoms with Crippen molar-refractivity contribution in [2.75, 3.05) is 25.5 Å². The quantitative estimate of drug-likeness (QED) is 0.369. The van der Waals surface area contributed by atoms with Gasteiger partial charge in [-0.2, -0.15) is 5.26 Å². The Hall–Kier alpha value is -4.15. The highest BCUT2D eigenvalue weighted by atomic mass is 16.5. The Morgan fingerprint density at radius 3 is 2.67 bits per heavy atom. The molecule has 3 aromatic carbocycles. The Labute approximate surface area is 211 Å². The first-order chi connectivity index (χ1) is 17.6. The lowest BCUT2D eigenvalue weighted by molar-refractivity contribution is 0.116. The van der Waals surface area contributed by atoms with Crippen LogP contribution in [0.15, 0.2) is 67.0 Å². The van der Waals surface area contributed by atoms with Crippen molar-refractivity contribution in [2.45, 2.75) is 32.5 Å². The molecule has 36 heavy (non-hydrogen) atoms. The fourth-order valence-electron chi connectivity index (χ4n) is 4.49. The van der Waals surface area contributed by atoms with Crippen LogP contribution in [0.25, 0.3) is 10.9 Å². The highest BCUT2D eigenvalue weighted by Gasteiger charge is 2.20. The number of anilines is 2. The standard InChI is InChI=1S/C29H29N5O2/c1-20-16-23(10-11-26(20)35-18-22-7-4-3-6-21(22)17-30)33-29-28-25(31-19-32-29)8-5-9-27(28)36-24-12-14-34(2)15-13-24/h3-11,16,19,24H,12-15,18H2,1-2H3,(H,31,32,33). The summed E-state index contributed by atoms with van der Waals surface area (Å²) in [5, 5.41) is 13.6. The minimum absolute atomic E-state index is 0.185. The fourth-order valence-corrected chi connectivity index (χ4v) is 4.49. The second kappa shape index (κ2) is 10.6. The van der Waals surface area contributed by atoms with E-state index in [0.29, 0.717) is 18.0 Å². The molecule has 0 unspecified atom stereocenters. The number of piperidine rings is 1. The van der Waals surface area contributed by atoms with Crippen LogP contribution in [0.4, 0.5) is 11.5 Å². The van der Waals surface area contributed by atoms with Crippen LogP contribution in [-0.2, 0) is 6.61 Å². The van der Waals surface area contributed by atoms with Gasteiger partial charge in [0.1, 0.15) is 36.4 Å². The second-order valence-corrected chi connectivity index (χ2v) is 9.16. The summed E-state index contributed by atoms with van der Waals surface area (Å²) in [6, 6.07) is 21.6. The summed E-state index contributed by atoms with van der Waals surface area (Å²) in [6.45, 7) is 4.41. The van der Waals surface area contributed by atoms with Crippen LogP contribution in [0.3, 0.4) is 0 Å². The molecular weight excluding hydrogens is 450 g/mol. The van der Waals surface area contributed by atoms with Crippen LogP contribution in [0.2, 0.25) is 0 Å². The summed E-state index contributed by atoms with van der Waals surface area (Å²) in [4.78, 5) is 11.3. The molecule has 0 radical (unpaired) electrons. The minimum Gasteiger partial charge on any atom is -0.489 e. The highest BCUT2D eigenvalue weighted by molar-refractivity contribution is 5.95. The van der Waals surface area contributed by atoms with Crippen LogP contribution in [-0.4, -0.2) is 41.1 Å². The van der Waals surface area contributed by atoms with E-state index in [9.17, 15) is 5.26 Å². The van der Waals surface area contributed by atoms with Gasteiger partial charge in [-0.25, -0.2) is 9.97 Å². The molecule has 0 aliphatic carbocycles. The maximum absolute atomic E-state index is 9.31. The number of fused-ring (bicyclic) bond motifs is 1. The van der Waals surface area contributed by atoms with Crippen molar-refractivity contribution in [3.8, 4) is 17.6 Å². The Balaban J connectivity index is 1.35. The van der Waals surface area contributed by atoms with Crippen molar-refractivity contribution >= 4 is 22.4 Å². The van der Waals surface area contributed by atoms with Gasteiger partial charge in [0.2, 0.25) is 0 Å². The molecule has 182 valence electrons. The van der Waals surface area contributed by atoms with Crippen LogP contribution in [0.1, 0.15) is 29.5 Å². The van der Waals surface area contributed by atoms with Gasteiger partial charge < -0.3 is 19.7 Å². The molecule has 1 aliphatic rings. The van der Waals surface area contributed by atoms with E-state index in [1.54, 1.807) is 12.4 Å². The number of nitriles is 1. The summed E-state index contributed by atoms with van der Waals surface area (Å²) >= 11 is 0. The molecule has 7 heteroatoms. The predicted octanol–water partition coefficient (Wildman–Crippen LogP) is 5.61. The number of benzene rings is 3. The molecule has 0 amide bonds. The number of ether oxygens (including phenoxy) is 2. The minimum atomic E-state index is 0.185. The summed E-state index contributed by atoms with van der Waals surface area (Å²) in [5.74, 6) is 2.28. The zero-order valence-corrected chi connectivity index (χ0v) is 20.6. The molecule has 0 saturated carbocycles.